The summed E-state index contributed by atoms with van der Waals surface area (Å²) in [4.78, 5) is 11.5. The molecule has 0 saturated heterocycles. The van der Waals surface area contributed by atoms with Gasteiger partial charge in [0.1, 0.15) is 5.82 Å². The van der Waals surface area contributed by atoms with Gasteiger partial charge in [-0.15, -0.1) is 0 Å². The Morgan fingerprint density at radius 1 is 1.25 bits per heavy atom. The van der Waals surface area contributed by atoms with Crippen LogP contribution in [0.1, 0.15) is 16.1 Å². The molecule has 1 aromatic carbocycles. The second kappa shape index (κ2) is 4.95. The van der Waals surface area contributed by atoms with E-state index in [1.165, 1.54) is 7.05 Å². The first-order chi connectivity index (χ1) is 9.34. The van der Waals surface area contributed by atoms with E-state index < -0.39 is 29.2 Å². The van der Waals surface area contributed by atoms with Crippen LogP contribution in [0.4, 0.5) is 17.6 Å². The fraction of sp³-hybridized carbons (Fsp3) is 0.167. The molecule has 0 spiro atoms. The van der Waals surface area contributed by atoms with Crippen LogP contribution < -0.4 is 5.32 Å². The van der Waals surface area contributed by atoms with Gasteiger partial charge in [0.2, 0.25) is 0 Å². The van der Waals surface area contributed by atoms with Crippen molar-refractivity contribution >= 4 is 5.91 Å². The van der Waals surface area contributed by atoms with Crippen LogP contribution in [0.2, 0.25) is 0 Å². The summed E-state index contributed by atoms with van der Waals surface area (Å²) in [5.74, 6) is -1.48. The summed E-state index contributed by atoms with van der Waals surface area (Å²) in [6.45, 7) is 0. The quantitative estimate of drug-likeness (QED) is 0.862. The standard InChI is InChI=1S/C12H9F4N3O/c1-17-11(20)9-6-18-19(10(9)12(14,15)16)8-4-2-7(13)3-5-8/h2-6H,1H3,(H,17,20). The number of halogens is 4. The Hall–Kier alpha value is -2.38. The molecule has 1 amide bonds. The molecule has 2 aromatic rings. The van der Waals surface area contributed by atoms with Crippen molar-refractivity contribution in [3.05, 3.63) is 47.5 Å². The average Bonchev–Trinajstić information content (AvgIpc) is 2.83. The number of carbonyl (C=O) groups is 1. The zero-order chi connectivity index (χ0) is 14.9. The molecular weight excluding hydrogens is 278 g/mol. The van der Waals surface area contributed by atoms with Crippen LogP contribution in [-0.4, -0.2) is 22.7 Å². The number of alkyl halides is 3. The second-order valence-corrected chi connectivity index (χ2v) is 3.87. The van der Waals surface area contributed by atoms with E-state index in [-0.39, 0.29) is 5.69 Å². The summed E-state index contributed by atoms with van der Waals surface area (Å²) in [7, 11) is 1.22. The Balaban J connectivity index is 2.62. The molecule has 0 saturated carbocycles. The topological polar surface area (TPSA) is 46.9 Å². The van der Waals surface area contributed by atoms with Crippen LogP contribution in [0, 0.1) is 5.82 Å². The molecule has 20 heavy (non-hydrogen) atoms. The van der Waals surface area contributed by atoms with Gasteiger partial charge < -0.3 is 5.32 Å². The fourth-order valence-electron chi connectivity index (χ4n) is 1.70. The minimum Gasteiger partial charge on any atom is -0.355 e. The molecule has 106 valence electrons. The van der Waals surface area contributed by atoms with Gasteiger partial charge in [-0.3, -0.25) is 4.79 Å². The maximum atomic E-state index is 13.1. The lowest BCUT2D eigenvalue weighted by Crippen LogP contribution is -2.23. The second-order valence-electron chi connectivity index (χ2n) is 3.87. The van der Waals surface area contributed by atoms with Crippen molar-refractivity contribution in [2.45, 2.75) is 6.18 Å². The molecule has 8 heteroatoms. The van der Waals surface area contributed by atoms with Gasteiger partial charge in [0.05, 0.1) is 17.4 Å². The van der Waals surface area contributed by atoms with E-state index in [1.54, 1.807) is 0 Å². The van der Waals surface area contributed by atoms with E-state index >= 15 is 0 Å². The van der Waals surface area contributed by atoms with E-state index in [1.807, 2.05) is 0 Å². The zero-order valence-corrected chi connectivity index (χ0v) is 10.2. The molecule has 0 fully saturated rings. The lowest BCUT2D eigenvalue weighted by molar-refractivity contribution is -0.143. The highest BCUT2D eigenvalue weighted by Crippen LogP contribution is 2.33. The Morgan fingerprint density at radius 2 is 1.85 bits per heavy atom. The number of aromatic nitrogens is 2. The van der Waals surface area contributed by atoms with Crippen molar-refractivity contribution in [3.63, 3.8) is 0 Å². The number of rotatable bonds is 2. The van der Waals surface area contributed by atoms with Crippen LogP contribution in [-0.2, 0) is 6.18 Å². The van der Waals surface area contributed by atoms with Gasteiger partial charge in [0.15, 0.2) is 5.69 Å². The predicted molar refractivity (Wildman–Crippen MR) is 61.9 cm³/mol. The lowest BCUT2D eigenvalue weighted by Gasteiger charge is -2.12. The molecule has 0 radical (unpaired) electrons. The van der Waals surface area contributed by atoms with Crippen molar-refractivity contribution < 1.29 is 22.4 Å². The molecular formula is C12H9F4N3O. The molecule has 0 bridgehead atoms. The Morgan fingerprint density at radius 3 is 2.35 bits per heavy atom. The van der Waals surface area contributed by atoms with E-state index in [0.717, 1.165) is 30.5 Å². The molecule has 4 nitrogen and oxygen atoms in total. The van der Waals surface area contributed by atoms with Crippen molar-refractivity contribution in [2.75, 3.05) is 7.05 Å². The maximum Gasteiger partial charge on any atom is 0.434 e. The van der Waals surface area contributed by atoms with Crippen LogP contribution in [0.5, 0.6) is 0 Å². The average molecular weight is 287 g/mol. The van der Waals surface area contributed by atoms with E-state index in [9.17, 15) is 22.4 Å². The number of benzene rings is 1. The Labute approximate surface area is 111 Å². The fourth-order valence-corrected chi connectivity index (χ4v) is 1.70. The monoisotopic (exact) mass is 287 g/mol. The molecule has 0 aliphatic rings. The Bertz CT molecular complexity index is 631. The zero-order valence-electron chi connectivity index (χ0n) is 10.2. The molecule has 0 aliphatic heterocycles. The predicted octanol–water partition coefficient (Wildman–Crippen LogP) is 2.39. The molecule has 0 aliphatic carbocycles. The van der Waals surface area contributed by atoms with Crippen molar-refractivity contribution in [3.8, 4) is 5.69 Å². The molecule has 0 unspecified atom stereocenters. The normalized spacial score (nSPS) is 11.4. The SMILES string of the molecule is CNC(=O)c1cnn(-c2ccc(F)cc2)c1C(F)(F)F. The van der Waals surface area contributed by atoms with Gasteiger partial charge in [0.25, 0.3) is 5.91 Å². The largest absolute Gasteiger partial charge is 0.434 e. The minimum atomic E-state index is -4.77. The van der Waals surface area contributed by atoms with Crippen LogP contribution in [0.3, 0.4) is 0 Å². The smallest absolute Gasteiger partial charge is 0.355 e. The van der Waals surface area contributed by atoms with Crippen molar-refractivity contribution in [1.82, 2.24) is 15.1 Å². The third-order valence-corrected chi connectivity index (χ3v) is 2.58. The van der Waals surface area contributed by atoms with Gasteiger partial charge in [-0.1, -0.05) is 0 Å². The van der Waals surface area contributed by atoms with Gasteiger partial charge in [-0.05, 0) is 24.3 Å². The molecule has 2 rings (SSSR count). The van der Waals surface area contributed by atoms with Gasteiger partial charge in [-0.25, -0.2) is 9.07 Å². The number of nitrogens with one attached hydrogen (secondary N) is 1. The highest BCUT2D eigenvalue weighted by Gasteiger charge is 2.40. The van der Waals surface area contributed by atoms with E-state index in [0.29, 0.717) is 4.68 Å². The summed E-state index contributed by atoms with van der Waals surface area (Å²) in [5, 5.41) is 5.68. The van der Waals surface area contributed by atoms with Gasteiger partial charge in [0, 0.05) is 7.05 Å². The van der Waals surface area contributed by atoms with E-state index in [4.69, 9.17) is 0 Å². The highest BCUT2D eigenvalue weighted by atomic mass is 19.4. The van der Waals surface area contributed by atoms with Crippen LogP contribution >= 0.6 is 0 Å². The van der Waals surface area contributed by atoms with Crippen molar-refractivity contribution in [2.24, 2.45) is 0 Å². The summed E-state index contributed by atoms with van der Waals surface area (Å²) < 4.78 is 52.6. The first-order valence-electron chi connectivity index (χ1n) is 5.48. The maximum absolute atomic E-state index is 13.1. The number of hydrogen-bond donors (Lipinski definition) is 1. The summed E-state index contributed by atoms with van der Waals surface area (Å²) in [5.41, 5.74) is -1.79. The van der Waals surface area contributed by atoms with Crippen LogP contribution in [0.25, 0.3) is 5.69 Å². The molecule has 1 aromatic heterocycles. The first-order valence-corrected chi connectivity index (χ1v) is 5.48. The number of nitrogens with zero attached hydrogens (tertiary/aromatic N) is 2. The highest BCUT2D eigenvalue weighted by molar-refractivity contribution is 5.95. The lowest BCUT2D eigenvalue weighted by atomic mass is 10.2. The molecule has 0 atom stereocenters. The van der Waals surface area contributed by atoms with E-state index in [2.05, 4.69) is 10.4 Å². The summed E-state index contributed by atoms with van der Waals surface area (Å²) in [6.07, 6.45) is -3.95. The van der Waals surface area contributed by atoms with Gasteiger partial charge >= 0.3 is 6.18 Å². The van der Waals surface area contributed by atoms with Crippen LogP contribution in [0.15, 0.2) is 30.5 Å². The summed E-state index contributed by atoms with van der Waals surface area (Å²) >= 11 is 0. The molecule has 1 heterocycles. The Kier molecular flexibility index (Phi) is 3.47. The minimum absolute atomic E-state index is 0.00822. The third-order valence-electron chi connectivity index (χ3n) is 2.58. The van der Waals surface area contributed by atoms with Crippen molar-refractivity contribution in [1.29, 1.82) is 0 Å². The third kappa shape index (κ3) is 2.49. The summed E-state index contributed by atoms with van der Waals surface area (Å²) in [6, 6.07) is 4.31. The van der Waals surface area contributed by atoms with Gasteiger partial charge in [-0.2, -0.15) is 18.3 Å². The molecule has 1 N–H and O–H groups in total. The first kappa shape index (κ1) is 14.0. The number of carbonyl (C=O) groups excluding carboxylic acids is 1. The number of amides is 1. The number of hydrogen-bond acceptors (Lipinski definition) is 2.